The minimum Gasteiger partial charge on any atom is -0.467 e. The molecule has 1 saturated carbocycles. The Kier molecular flexibility index (Phi) is 5.13. The van der Waals surface area contributed by atoms with Crippen LogP contribution in [0.25, 0.3) is 10.1 Å². The van der Waals surface area contributed by atoms with E-state index in [2.05, 4.69) is 6.92 Å². The molecule has 4 nitrogen and oxygen atoms in total. The van der Waals surface area contributed by atoms with Crippen LogP contribution in [0.15, 0.2) is 57.6 Å². The number of hydrogen-bond acceptors (Lipinski definition) is 4. The van der Waals surface area contributed by atoms with Gasteiger partial charge in [-0.05, 0) is 48.7 Å². The van der Waals surface area contributed by atoms with Crippen molar-refractivity contribution in [3.05, 3.63) is 80.9 Å². The minimum atomic E-state index is -0.175. The maximum Gasteiger partial charge on any atom is 0.266 e. The topological polar surface area (TPSA) is 46.6 Å². The van der Waals surface area contributed by atoms with Crippen LogP contribution in [0.2, 0.25) is 10.0 Å². The van der Waals surface area contributed by atoms with Gasteiger partial charge in [0.15, 0.2) is 0 Å². The molecule has 2 atom stereocenters. The van der Waals surface area contributed by atoms with Crippen LogP contribution in [0, 0.1) is 5.92 Å². The lowest BCUT2D eigenvalue weighted by atomic mass is 10.2. The molecule has 3 heterocycles. The Hall–Kier alpha value is -2.21. The highest BCUT2D eigenvalue weighted by Gasteiger charge is 2.36. The van der Waals surface area contributed by atoms with Crippen LogP contribution in [0.4, 0.5) is 0 Å². The second kappa shape index (κ2) is 7.80. The van der Waals surface area contributed by atoms with Crippen LogP contribution in [0.3, 0.4) is 0 Å². The van der Waals surface area contributed by atoms with E-state index >= 15 is 0 Å². The first-order valence-electron chi connectivity index (χ1n) is 9.78. The number of nitrogens with zero attached hydrogens (tertiary/aromatic N) is 1. The number of benzene rings is 1. The molecule has 5 rings (SSSR count). The van der Waals surface area contributed by atoms with Gasteiger partial charge < -0.3 is 13.7 Å². The Morgan fingerprint density at radius 1 is 1.13 bits per heavy atom. The Morgan fingerprint density at radius 3 is 2.63 bits per heavy atom. The zero-order valence-electron chi connectivity index (χ0n) is 16.2. The summed E-state index contributed by atoms with van der Waals surface area (Å²) in [6.07, 6.45) is 2.75. The van der Waals surface area contributed by atoms with E-state index in [0.717, 1.165) is 28.0 Å². The zero-order valence-corrected chi connectivity index (χ0v) is 18.6. The third-order valence-electron chi connectivity index (χ3n) is 5.52. The molecule has 2 unspecified atom stereocenters. The van der Waals surface area contributed by atoms with Gasteiger partial charge in [0.25, 0.3) is 5.91 Å². The third-order valence-corrected chi connectivity index (χ3v) is 7.47. The fourth-order valence-corrected chi connectivity index (χ4v) is 5.65. The standard InChI is InChI=1S/C23H19Cl2NO3S/c1-13-10-16(13)18-8-7-15(29-18)12-26(11-14-4-3-9-28-14)23(27)22-21(25)20-17(24)5-2-6-19(20)30-22/h2-9,13,16H,10-12H2,1H3. The Morgan fingerprint density at radius 2 is 1.93 bits per heavy atom. The molecular weight excluding hydrogens is 441 g/mol. The molecule has 1 fully saturated rings. The summed E-state index contributed by atoms with van der Waals surface area (Å²) >= 11 is 14.3. The Balaban J connectivity index is 1.47. The highest BCUT2D eigenvalue weighted by Crippen LogP contribution is 2.47. The number of hydrogen-bond donors (Lipinski definition) is 0. The van der Waals surface area contributed by atoms with Crippen LogP contribution in [0.1, 0.15) is 46.2 Å². The van der Waals surface area contributed by atoms with E-state index in [1.165, 1.54) is 11.3 Å². The average molecular weight is 460 g/mol. The lowest BCUT2D eigenvalue weighted by Crippen LogP contribution is -2.29. The van der Waals surface area contributed by atoms with E-state index in [9.17, 15) is 4.79 Å². The molecule has 0 saturated heterocycles. The predicted octanol–water partition coefficient (Wildman–Crippen LogP) is 7.36. The average Bonchev–Trinajstić information content (AvgIpc) is 3.15. The number of thiophene rings is 1. The predicted molar refractivity (Wildman–Crippen MR) is 119 cm³/mol. The molecule has 0 bridgehead atoms. The van der Waals surface area contributed by atoms with Gasteiger partial charge in [-0.25, -0.2) is 0 Å². The van der Waals surface area contributed by atoms with E-state index in [4.69, 9.17) is 32.0 Å². The Labute approximate surface area is 188 Å². The van der Waals surface area contributed by atoms with Crippen LogP contribution in [-0.4, -0.2) is 10.8 Å². The van der Waals surface area contributed by atoms with E-state index in [1.807, 2.05) is 36.4 Å². The molecule has 30 heavy (non-hydrogen) atoms. The van der Waals surface area contributed by atoms with Crippen molar-refractivity contribution in [3.63, 3.8) is 0 Å². The van der Waals surface area contributed by atoms with Crippen LogP contribution in [-0.2, 0) is 13.1 Å². The van der Waals surface area contributed by atoms with Gasteiger partial charge in [0.2, 0.25) is 0 Å². The second-order valence-electron chi connectivity index (χ2n) is 7.72. The molecule has 154 valence electrons. The molecule has 7 heteroatoms. The summed E-state index contributed by atoms with van der Waals surface area (Å²) in [6, 6.07) is 13.2. The van der Waals surface area contributed by atoms with Crippen molar-refractivity contribution in [2.75, 3.05) is 0 Å². The van der Waals surface area contributed by atoms with Crippen LogP contribution < -0.4 is 0 Å². The van der Waals surface area contributed by atoms with Gasteiger partial charge in [0, 0.05) is 16.0 Å². The molecular formula is C23H19Cl2NO3S. The number of carbonyl (C=O) groups is 1. The van der Waals surface area contributed by atoms with Crippen molar-refractivity contribution in [1.29, 1.82) is 0 Å². The second-order valence-corrected chi connectivity index (χ2v) is 9.56. The highest BCUT2D eigenvalue weighted by atomic mass is 35.5. The van der Waals surface area contributed by atoms with Crippen LogP contribution in [0.5, 0.6) is 0 Å². The van der Waals surface area contributed by atoms with E-state index < -0.39 is 0 Å². The summed E-state index contributed by atoms with van der Waals surface area (Å²) in [5.41, 5.74) is 0. The maximum absolute atomic E-state index is 13.5. The summed E-state index contributed by atoms with van der Waals surface area (Å²) < 4.78 is 12.4. The SMILES string of the molecule is CC1CC1c1ccc(CN(Cc2ccco2)C(=O)c2sc3cccc(Cl)c3c2Cl)o1. The molecule has 3 aromatic heterocycles. The fraction of sp³-hybridized carbons (Fsp3) is 0.261. The number of rotatable bonds is 6. The number of carbonyl (C=O) groups excluding carboxylic acids is 1. The molecule has 0 spiro atoms. The largest absolute Gasteiger partial charge is 0.467 e. The number of fused-ring (bicyclic) bond motifs is 1. The van der Waals surface area contributed by atoms with Gasteiger partial charge in [0.05, 0.1) is 29.4 Å². The van der Waals surface area contributed by atoms with Gasteiger partial charge in [-0.2, -0.15) is 0 Å². The molecule has 1 amide bonds. The normalized spacial score (nSPS) is 18.1. The number of halogens is 2. The minimum absolute atomic E-state index is 0.175. The van der Waals surface area contributed by atoms with E-state index in [1.54, 1.807) is 17.2 Å². The van der Waals surface area contributed by atoms with Gasteiger partial charge in [-0.3, -0.25) is 4.79 Å². The number of furan rings is 2. The van der Waals surface area contributed by atoms with Crippen molar-refractivity contribution in [2.45, 2.75) is 32.4 Å². The number of amides is 1. The molecule has 0 aliphatic heterocycles. The summed E-state index contributed by atoms with van der Waals surface area (Å²) in [6.45, 7) is 2.87. The summed E-state index contributed by atoms with van der Waals surface area (Å²) in [4.78, 5) is 15.7. The molecule has 1 aliphatic carbocycles. The molecule has 0 radical (unpaired) electrons. The lowest BCUT2D eigenvalue weighted by molar-refractivity contribution is 0.0709. The monoisotopic (exact) mass is 459 g/mol. The first-order valence-corrected chi connectivity index (χ1v) is 11.3. The summed E-state index contributed by atoms with van der Waals surface area (Å²) in [7, 11) is 0. The molecule has 0 N–H and O–H groups in total. The zero-order chi connectivity index (χ0) is 20.8. The quantitative estimate of drug-likeness (QED) is 0.302. The smallest absolute Gasteiger partial charge is 0.266 e. The summed E-state index contributed by atoms with van der Waals surface area (Å²) in [5.74, 6) is 3.42. The van der Waals surface area contributed by atoms with Crippen molar-refractivity contribution in [3.8, 4) is 0 Å². The van der Waals surface area contributed by atoms with E-state index in [-0.39, 0.29) is 5.91 Å². The van der Waals surface area contributed by atoms with Gasteiger partial charge >= 0.3 is 0 Å². The van der Waals surface area contributed by atoms with Crippen molar-refractivity contribution in [2.24, 2.45) is 5.92 Å². The van der Waals surface area contributed by atoms with Gasteiger partial charge in [-0.15, -0.1) is 11.3 Å². The fourth-order valence-electron chi connectivity index (χ4n) is 3.73. The molecule has 4 aromatic rings. The van der Waals surface area contributed by atoms with Gasteiger partial charge in [-0.1, -0.05) is 36.2 Å². The summed E-state index contributed by atoms with van der Waals surface area (Å²) in [5, 5.41) is 1.65. The van der Waals surface area contributed by atoms with E-state index in [0.29, 0.717) is 45.6 Å². The van der Waals surface area contributed by atoms with Crippen molar-refractivity contribution < 1.29 is 13.6 Å². The molecule has 1 aliphatic rings. The first-order chi connectivity index (χ1) is 14.5. The first kappa shape index (κ1) is 19.7. The van der Waals surface area contributed by atoms with Gasteiger partial charge in [0.1, 0.15) is 22.2 Å². The van der Waals surface area contributed by atoms with Crippen molar-refractivity contribution >= 4 is 50.5 Å². The third kappa shape index (κ3) is 3.66. The highest BCUT2D eigenvalue weighted by molar-refractivity contribution is 7.21. The van der Waals surface area contributed by atoms with Crippen LogP contribution >= 0.6 is 34.5 Å². The molecule has 1 aromatic carbocycles. The van der Waals surface area contributed by atoms with Crippen molar-refractivity contribution in [1.82, 2.24) is 4.90 Å². The lowest BCUT2D eigenvalue weighted by Gasteiger charge is -2.20. The maximum atomic E-state index is 13.5. The Bertz CT molecular complexity index is 1210.